The van der Waals surface area contributed by atoms with Crippen LogP contribution in [0.5, 0.6) is 5.75 Å². The third-order valence-electron chi connectivity index (χ3n) is 4.16. The van der Waals surface area contributed by atoms with E-state index < -0.39 is 11.8 Å². The van der Waals surface area contributed by atoms with Gasteiger partial charge in [-0.2, -0.15) is 0 Å². The van der Waals surface area contributed by atoms with E-state index in [2.05, 4.69) is 5.32 Å². The Balaban J connectivity index is 1.54. The fourth-order valence-corrected chi connectivity index (χ4v) is 3.00. The summed E-state index contributed by atoms with van der Waals surface area (Å²) in [5.41, 5.74) is 1.41. The fraction of sp³-hybridized carbons (Fsp3) is 0.211. The Hall–Kier alpha value is -2.86. The number of fused-ring (bicyclic) bond motifs is 1. The molecule has 7 heteroatoms. The van der Waals surface area contributed by atoms with E-state index in [0.717, 1.165) is 16.2 Å². The van der Waals surface area contributed by atoms with Gasteiger partial charge in [-0.3, -0.25) is 19.3 Å². The van der Waals surface area contributed by atoms with Crippen molar-refractivity contribution in [1.29, 1.82) is 0 Å². The van der Waals surface area contributed by atoms with Crippen LogP contribution >= 0.6 is 11.6 Å². The van der Waals surface area contributed by atoms with E-state index >= 15 is 0 Å². The molecule has 0 bridgehead atoms. The van der Waals surface area contributed by atoms with Crippen LogP contribution < -0.4 is 10.1 Å². The summed E-state index contributed by atoms with van der Waals surface area (Å²) in [4.78, 5) is 37.8. The number of imide groups is 1. The van der Waals surface area contributed by atoms with Crippen LogP contribution in [-0.4, -0.2) is 36.3 Å². The van der Waals surface area contributed by atoms with Crippen molar-refractivity contribution in [2.45, 2.75) is 13.0 Å². The number of hydrogen-bond donors (Lipinski definition) is 1. The normalized spacial score (nSPS) is 12.9. The van der Waals surface area contributed by atoms with Gasteiger partial charge in [-0.05, 0) is 29.8 Å². The summed E-state index contributed by atoms with van der Waals surface area (Å²) in [6, 6.07) is 12.1. The molecule has 1 N–H and O–H groups in total. The summed E-state index contributed by atoms with van der Waals surface area (Å²) in [7, 11) is 1.59. The minimum Gasteiger partial charge on any atom is -0.497 e. The van der Waals surface area contributed by atoms with Crippen LogP contribution in [0, 0.1) is 0 Å². The fourth-order valence-electron chi connectivity index (χ4n) is 2.74. The Morgan fingerprint density at radius 1 is 1.12 bits per heavy atom. The van der Waals surface area contributed by atoms with Gasteiger partial charge >= 0.3 is 0 Å². The standard InChI is InChI=1S/C19H17ClN2O4/c1-26-13-7-5-12(6-8-13)11-21-16(23)9-10-22-18(24)14-3-2-4-15(20)17(14)19(22)25/h2-8H,9-11H2,1H3,(H,21,23). The van der Waals surface area contributed by atoms with Crippen molar-refractivity contribution in [3.05, 3.63) is 64.2 Å². The van der Waals surface area contributed by atoms with Gasteiger partial charge in [0.2, 0.25) is 5.91 Å². The molecule has 1 aliphatic heterocycles. The molecule has 1 heterocycles. The maximum atomic E-state index is 12.4. The lowest BCUT2D eigenvalue weighted by atomic mass is 10.1. The van der Waals surface area contributed by atoms with Gasteiger partial charge in [-0.25, -0.2) is 0 Å². The first-order valence-corrected chi connectivity index (χ1v) is 8.43. The van der Waals surface area contributed by atoms with Gasteiger partial charge in [0, 0.05) is 19.5 Å². The molecule has 2 aromatic carbocycles. The zero-order chi connectivity index (χ0) is 18.7. The summed E-state index contributed by atoms with van der Waals surface area (Å²) < 4.78 is 5.08. The molecule has 0 spiro atoms. The molecule has 1 aliphatic rings. The second kappa shape index (κ2) is 7.58. The number of ether oxygens (including phenoxy) is 1. The first-order valence-electron chi connectivity index (χ1n) is 8.05. The van der Waals surface area contributed by atoms with Crippen LogP contribution in [0.25, 0.3) is 0 Å². The minimum atomic E-state index is -0.460. The molecule has 2 aromatic rings. The highest BCUT2D eigenvalue weighted by Crippen LogP contribution is 2.29. The Bertz CT molecular complexity index is 864. The summed E-state index contributed by atoms with van der Waals surface area (Å²) in [6.07, 6.45) is 0.0270. The first-order chi connectivity index (χ1) is 12.5. The topological polar surface area (TPSA) is 75.7 Å². The van der Waals surface area contributed by atoms with Gasteiger partial charge in [0.25, 0.3) is 11.8 Å². The highest BCUT2D eigenvalue weighted by Gasteiger charge is 2.36. The summed E-state index contributed by atoms with van der Waals surface area (Å²) >= 11 is 6.01. The average molecular weight is 373 g/mol. The molecule has 0 aromatic heterocycles. The monoisotopic (exact) mass is 372 g/mol. The lowest BCUT2D eigenvalue weighted by Crippen LogP contribution is -2.34. The summed E-state index contributed by atoms with van der Waals surface area (Å²) in [5.74, 6) is -0.387. The molecule has 0 saturated heterocycles. The quantitative estimate of drug-likeness (QED) is 0.791. The van der Waals surface area contributed by atoms with Crippen LogP contribution in [0.2, 0.25) is 5.02 Å². The van der Waals surface area contributed by atoms with Gasteiger partial charge in [0.05, 0.1) is 23.3 Å². The van der Waals surface area contributed by atoms with E-state index in [-0.39, 0.29) is 35.0 Å². The summed E-state index contributed by atoms with van der Waals surface area (Å²) in [5, 5.41) is 3.01. The number of nitrogens with one attached hydrogen (secondary N) is 1. The number of benzene rings is 2. The number of carbonyl (C=O) groups excluding carboxylic acids is 3. The number of amides is 3. The maximum absolute atomic E-state index is 12.4. The first kappa shape index (κ1) is 17.9. The van der Waals surface area contributed by atoms with Gasteiger partial charge in [-0.1, -0.05) is 29.8 Å². The van der Waals surface area contributed by atoms with Crippen LogP contribution in [0.3, 0.4) is 0 Å². The largest absolute Gasteiger partial charge is 0.497 e. The van der Waals surface area contributed by atoms with Crippen molar-refractivity contribution in [2.24, 2.45) is 0 Å². The second-order valence-corrected chi connectivity index (χ2v) is 6.21. The second-order valence-electron chi connectivity index (χ2n) is 5.80. The number of rotatable bonds is 6. The molecule has 0 aliphatic carbocycles. The molecule has 134 valence electrons. The molecule has 3 rings (SSSR count). The summed E-state index contributed by atoms with van der Waals surface area (Å²) in [6.45, 7) is 0.369. The molecular weight excluding hydrogens is 356 g/mol. The van der Waals surface area contributed by atoms with Gasteiger partial charge in [-0.15, -0.1) is 0 Å². The number of methoxy groups -OCH3 is 1. The van der Waals surface area contributed by atoms with E-state index in [1.807, 2.05) is 24.3 Å². The van der Waals surface area contributed by atoms with Crippen molar-refractivity contribution in [3.8, 4) is 5.75 Å². The Morgan fingerprint density at radius 2 is 1.85 bits per heavy atom. The van der Waals surface area contributed by atoms with Crippen molar-refractivity contribution in [1.82, 2.24) is 10.2 Å². The van der Waals surface area contributed by atoms with Crippen molar-refractivity contribution in [3.63, 3.8) is 0 Å². The molecular formula is C19H17ClN2O4. The molecule has 0 atom stereocenters. The van der Waals surface area contributed by atoms with Crippen LogP contribution in [0.15, 0.2) is 42.5 Å². The number of carbonyl (C=O) groups is 3. The Labute approximate surface area is 155 Å². The third kappa shape index (κ3) is 3.55. The molecule has 3 amide bonds. The van der Waals surface area contributed by atoms with Gasteiger partial charge < -0.3 is 10.1 Å². The molecule has 0 fully saturated rings. The zero-order valence-electron chi connectivity index (χ0n) is 14.1. The van der Waals surface area contributed by atoms with Gasteiger partial charge in [0.1, 0.15) is 5.75 Å². The van der Waals surface area contributed by atoms with E-state index in [1.54, 1.807) is 25.3 Å². The molecule has 0 unspecified atom stereocenters. The number of hydrogen-bond acceptors (Lipinski definition) is 4. The minimum absolute atomic E-state index is 0.0110. The zero-order valence-corrected chi connectivity index (χ0v) is 14.9. The van der Waals surface area contributed by atoms with Crippen molar-refractivity contribution in [2.75, 3.05) is 13.7 Å². The average Bonchev–Trinajstić information content (AvgIpc) is 2.90. The van der Waals surface area contributed by atoms with E-state index in [9.17, 15) is 14.4 Å². The molecule has 26 heavy (non-hydrogen) atoms. The molecule has 0 radical (unpaired) electrons. The predicted octanol–water partition coefficient (Wildman–Crippen LogP) is 2.65. The van der Waals surface area contributed by atoms with Gasteiger partial charge in [0.15, 0.2) is 0 Å². The van der Waals surface area contributed by atoms with Crippen LogP contribution in [0.4, 0.5) is 0 Å². The Morgan fingerprint density at radius 3 is 2.50 bits per heavy atom. The van der Waals surface area contributed by atoms with Crippen LogP contribution in [0.1, 0.15) is 32.7 Å². The van der Waals surface area contributed by atoms with Crippen LogP contribution in [-0.2, 0) is 11.3 Å². The lowest BCUT2D eigenvalue weighted by Gasteiger charge is -2.13. The maximum Gasteiger partial charge on any atom is 0.263 e. The number of nitrogens with zero attached hydrogens (tertiary/aromatic N) is 1. The third-order valence-corrected chi connectivity index (χ3v) is 4.47. The SMILES string of the molecule is COc1ccc(CNC(=O)CCN2C(=O)c3cccc(Cl)c3C2=O)cc1. The lowest BCUT2D eigenvalue weighted by molar-refractivity contribution is -0.121. The van der Waals surface area contributed by atoms with E-state index in [0.29, 0.717) is 6.54 Å². The van der Waals surface area contributed by atoms with Crippen molar-refractivity contribution >= 4 is 29.3 Å². The highest BCUT2D eigenvalue weighted by atomic mass is 35.5. The molecule has 0 saturated carbocycles. The number of halogens is 1. The predicted molar refractivity (Wildman–Crippen MR) is 96.3 cm³/mol. The van der Waals surface area contributed by atoms with E-state index in [4.69, 9.17) is 16.3 Å². The highest BCUT2D eigenvalue weighted by molar-refractivity contribution is 6.37. The van der Waals surface area contributed by atoms with E-state index in [1.165, 1.54) is 0 Å². The van der Waals surface area contributed by atoms with Crippen molar-refractivity contribution < 1.29 is 19.1 Å². The molecule has 6 nitrogen and oxygen atoms in total. The smallest absolute Gasteiger partial charge is 0.263 e. The Kier molecular flexibility index (Phi) is 5.23.